The van der Waals surface area contributed by atoms with Crippen molar-refractivity contribution in [3.05, 3.63) is 83.4 Å². The molecular weight excluding hydrogens is 284 g/mol. The van der Waals surface area contributed by atoms with Crippen LogP contribution in [0.5, 0.6) is 5.75 Å². The van der Waals surface area contributed by atoms with E-state index in [0.717, 1.165) is 17.1 Å². The zero-order valence-corrected chi connectivity index (χ0v) is 12.1. The fourth-order valence-corrected chi connectivity index (χ4v) is 2.28. The Morgan fingerprint density at radius 1 is 1.05 bits per heavy atom. The summed E-state index contributed by atoms with van der Waals surface area (Å²) in [5, 5.41) is 0.699. The molecule has 4 heteroatoms. The van der Waals surface area contributed by atoms with Gasteiger partial charge in [0.05, 0.1) is 0 Å². The second kappa shape index (κ2) is 6.46. The zero-order chi connectivity index (χ0) is 14.5. The topological polar surface area (TPSA) is 37.9 Å². The van der Waals surface area contributed by atoms with Crippen molar-refractivity contribution in [2.75, 3.05) is 0 Å². The van der Waals surface area contributed by atoms with Gasteiger partial charge in [0, 0.05) is 23.8 Å². The summed E-state index contributed by atoms with van der Waals surface area (Å²) in [6, 6.07) is 17.5. The number of nitrogens with zero attached hydrogens (tertiary/aromatic N) is 1. The summed E-state index contributed by atoms with van der Waals surface area (Å²) in [4.78, 5) is 7.40. The lowest BCUT2D eigenvalue weighted by Crippen LogP contribution is -2.11. The molecule has 0 aliphatic heterocycles. The van der Waals surface area contributed by atoms with Crippen LogP contribution in [0.1, 0.15) is 17.5 Å². The molecule has 0 saturated heterocycles. The molecule has 106 valence electrons. The zero-order valence-electron chi connectivity index (χ0n) is 11.4. The molecule has 0 bridgehead atoms. The Labute approximate surface area is 128 Å². The second-order valence-corrected chi connectivity index (χ2v) is 5.15. The van der Waals surface area contributed by atoms with E-state index in [9.17, 15) is 0 Å². The SMILES string of the molecule is Clc1ccc(O[C@@H](Cc2ncc[nH]2)c2ccccc2)cc1. The molecule has 0 radical (unpaired) electrons. The van der Waals surface area contributed by atoms with E-state index in [-0.39, 0.29) is 6.10 Å². The lowest BCUT2D eigenvalue weighted by atomic mass is 10.1. The van der Waals surface area contributed by atoms with Crippen molar-refractivity contribution in [1.82, 2.24) is 9.97 Å². The molecule has 0 amide bonds. The third kappa shape index (κ3) is 3.64. The van der Waals surface area contributed by atoms with Gasteiger partial charge in [0.25, 0.3) is 0 Å². The second-order valence-electron chi connectivity index (χ2n) is 4.71. The lowest BCUT2D eigenvalue weighted by Gasteiger charge is -2.19. The molecular formula is C17H15ClN2O. The van der Waals surface area contributed by atoms with Gasteiger partial charge in [-0.05, 0) is 29.8 Å². The molecule has 3 rings (SSSR count). The Kier molecular flexibility index (Phi) is 4.22. The van der Waals surface area contributed by atoms with Crippen LogP contribution in [-0.4, -0.2) is 9.97 Å². The monoisotopic (exact) mass is 298 g/mol. The van der Waals surface area contributed by atoms with Gasteiger partial charge in [-0.2, -0.15) is 0 Å². The molecule has 2 aromatic carbocycles. The van der Waals surface area contributed by atoms with Crippen molar-refractivity contribution in [2.45, 2.75) is 12.5 Å². The maximum Gasteiger partial charge on any atom is 0.131 e. The van der Waals surface area contributed by atoms with Gasteiger partial charge in [-0.25, -0.2) is 4.98 Å². The summed E-state index contributed by atoms with van der Waals surface area (Å²) >= 11 is 5.91. The number of nitrogens with one attached hydrogen (secondary N) is 1. The molecule has 0 fully saturated rings. The summed E-state index contributed by atoms with van der Waals surface area (Å²) in [5.41, 5.74) is 1.11. The third-order valence-corrected chi connectivity index (χ3v) is 3.45. The predicted molar refractivity (Wildman–Crippen MR) is 83.6 cm³/mol. The van der Waals surface area contributed by atoms with Crippen LogP contribution >= 0.6 is 11.6 Å². The summed E-state index contributed by atoms with van der Waals surface area (Å²) < 4.78 is 6.11. The molecule has 0 spiro atoms. The Hall–Kier alpha value is -2.26. The number of hydrogen-bond acceptors (Lipinski definition) is 2. The summed E-state index contributed by atoms with van der Waals surface area (Å²) in [6.45, 7) is 0. The first-order valence-corrected chi connectivity index (χ1v) is 7.14. The van der Waals surface area contributed by atoms with Crippen molar-refractivity contribution in [3.8, 4) is 5.75 Å². The minimum atomic E-state index is -0.0986. The van der Waals surface area contributed by atoms with E-state index in [1.807, 2.05) is 48.7 Å². The summed E-state index contributed by atoms with van der Waals surface area (Å²) in [5.74, 6) is 1.69. The van der Waals surface area contributed by atoms with E-state index in [4.69, 9.17) is 16.3 Å². The van der Waals surface area contributed by atoms with Crippen molar-refractivity contribution < 1.29 is 4.74 Å². The molecule has 1 atom stereocenters. The van der Waals surface area contributed by atoms with Crippen molar-refractivity contribution in [1.29, 1.82) is 0 Å². The number of benzene rings is 2. The molecule has 0 saturated carbocycles. The van der Waals surface area contributed by atoms with Crippen molar-refractivity contribution in [2.24, 2.45) is 0 Å². The first kappa shape index (κ1) is 13.7. The summed E-state index contributed by atoms with van der Waals surface area (Å²) in [6.07, 6.45) is 4.15. The fraction of sp³-hybridized carbons (Fsp3) is 0.118. The van der Waals surface area contributed by atoms with Crippen molar-refractivity contribution in [3.63, 3.8) is 0 Å². The molecule has 0 aliphatic carbocycles. The van der Waals surface area contributed by atoms with Gasteiger partial charge in [0.15, 0.2) is 0 Å². The number of aromatic nitrogens is 2. The number of ether oxygens (including phenoxy) is 1. The molecule has 1 heterocycles. The molecule has 0 unspecified atom stereocenters. The largest absolute Gasteiger partial charge is 0.485 e. The van der Waals surface area contributed by atoms with E-state index in [0.29, 0.717) is 11.4 Å². The Morgan fingerprint density at radius 3 is 2.48 bits per heavy atom. The molecule has 1 N–H and O–H groups in total. The van der Waals surface area contributed by atoms with Gasteiger partial charge in [0.1, 0.15) is 17.7 Å². The predicted octanol–water partition coefficient (Wildman–Crippen LogP) is 4.43. The first-order valence-electron chi connectivity index (χ1n) is 6.77. The van der Waals surface area contributed by atoms with E-state index >= 15 is 0 Å². The highest BCUT2D eigenvalue weighted by atomic mass is 35.5. The molecule has 21 heavy (non-hydrogen) atoms. The Balaban J connectivity index is 1.83. The third-order valence-electron chi connectivity index (χ3n) is 3.20. The van der Waals surface area contributed by atoms with Gasteiger partial charge < -0.3 is 9.72 Å². The summed E-state index contributed by atoms with van der Waals surface area (Å²) in [7, 11) is 0. The van der Waals surface area contributed by atoms with E-state index in [1.165, 1.54) is 0 Å². The number of rotatable bonds is 5. The number of H-pyrrole nitrogens is 1. The minimum absolute atomic E-state index is 0.0986. The number of hydrogen-bond donors (Lipinski definition) is 1. The van der Waals surface area contributed by atoms with Crippen molar-refractivity contribution >= 4 is 11.6 Å². The van der Waals surface area contributed by atoms with Gasteiger partial charge in [0.2, 0.25) is 0 Å². The van der Waals surface area contributed by atoms with Gasteiger partial charge in [-0.3, -0.25) is 0 Å². The highest BCUT2D eigenvalue weighted by Crippen LogP contribution is 2.25. The highest BCUT2D eigenvalue weighted by Gasteiger charge is 2.15. The average Bonchev–Trinajstić information content (AvgIpc) is 3.03. The Bertz CT molecular complexity index is 666. The quantitative estimate of drug-likeness (QED) is 0.757. The van der Waals surface area contributed by atoms with E-state index in [1.54, 1.807) is 6.20 Å². The molecule has 3 aromatic rings. The Morgan fingerprint density at radius 2 is 1.81 bits per heavy atom. The average molecular weight is 299 g/mol. The smallest absolute Gasteiger partial charge is 0.131 e. The number of halogens is 1. The maximum atomic E-state index is 6.11. The van der Waals surface area contributed by atoms with Crippen LogP contribution in [0.25, 0.3) is 0 Å². The van der Waals surface area contributed by atoms with Gasteiger partial charge in [-0.15, -0.1) is 0 Å². The van der Waals surface area contributed by atoms with E-state index < -0.39 is 0 Å². The standard InChI is InChI=1S/C17H15ClN2O/c18-14-6-8-15(9-7-14)21-16(12-17-19-10-11-20-17)13-4-2-1-3-5-13/h1-11,16H,12H2,(H,19,20)/t16-/m0/s1. The van der Waals surface area contributed by atoms with Gasteiger partial charge >= 0.3 is 0 Å². The molecule has 0 aliphatic rings. The maximum absolute atomic E-state index is 6.11. The van der Waals surface area contributed by atoms with Crippen LogP contribution in [0.15, 0.2) is 67.0 Å². The van der Waals surface area contributed by atoms with Crippen LogP contribution in [0.2, 0.25) is 5.02 Å². The molecule has 1 aromatic heterocycles. The minimum Gasteiger partial charge on any atom is -0.485 e. The number of aromatic amines is 1. The van der Waals surface area contributed by atoms with Crippen LogP contribution < -0.4 is 4.74 Å². The van der Waals surface area contributed by atoms with E-state index in [2.05, 4.69) is 22.1 Å². The van der Waals surface area contributed by atoms with Crippen LogP contribution in [0.4, 0.5) is 0 Å². The van der Waals surface area contributed by atoms with Crippen LogP contribution in [0.3, 0.4) is 0 Å². The lowest BCUT2D eigenvalue weighted by molar-refractivity contribution is 0.203. The van der Waals surface area contributed by atoms with Gasteiger partial charge in [-0.1, -0.05) is 41.9 Å². The highest BCUT2D eigenvalue weighted by molar-refractivity contribution is 6.30. The van der Waals surface area contributed by atoms with Crippen LogP contribution in [-0.2, 0) is 6.42 Å². The number of imidazole rings is 1. The first-order chi connectivity index (χ1) is 10.3. The molecule has 3 nitrogen and oxygen atoms in total. The normalized spacial score (nSPS) is 12.0. The fourth-order valence-electron chi connectivity index (χ4n) is 2.16. The van der Waals surface area contributed by atoms with Crippen LogP contribution in [0, 0.1) is 0 Å².